The predicted molar refractivity (Wildman–Crippen MR) is 99.8 cm³/mol. The minimum Gasteiger partial charge on any atom is -0.405 e. The smallest absolute Gasteiger partial charge is 0.405 e. The van der Waals surface area contributed by atoms with Crippen LogP contribution in [-0.4, -0.2) is 36.8 Å². The van der Waals surface area contributed by atoms with Crippen molar-refractivity contribution in [1.82, 2.24) is 24.6 Å². The fraction of sp³-hybridized carbons (Fsp3) is 0.105. The molecule has 30 heavy (non-hydrogen) atoms. The highest BCUT2D eigenvalue weighted by atomic mass is 19.4. The maximum Gasteiger partial charge on any atom is 0.573 e. The number of aryl methyl sites for hydroxylation is 1. The van der Waals surface area contributed by atoms with Gasteiger partial charge in [0, 0.05) is 18.0 Å². The van der Waals surface area contributed by atoms with Crippen molar-refractivity contribution in [3.8, 4) is 17.0 Å². The van der Waals surface area contributed by atoms with Crippen molar-refractivity contribution in [2.24, 2.45) is 0 Å². The van der Waals surface area contributed by atoms with Gasteiger partial charge in [0.05, 0.1) is 23.8 Å². The fourth-order valence-electron chi connectivity index (χ4n) is 2.70. The normalized spacial score (nSPS) is 11.5. The monoisotopic (exact) mass is 414 g/mol. The molecule has 0 aliphatic heterocycles. The van der Waals surface area contributed by atoms with Gasteiger partial charge in [0.15, 0.2) is 5.65 Å². The number of nitrogens with one attached hydrogen (secondary N) is 1. The number of amides is 1. The third-order valence-electron chi connectivity index (χ3n) is 4.02. The molecule has 0 unspecified atom stereocenters. The number of carbonyl (C=O) groups is 1. The number of anilines is 1. The van der Waals surface area contributed by atoms with E-state index in [0.29, 0.717) is 5.69 Å². The van der Waals surface area contributed by atoms with Crippen molar-refractivity contribution in [2.45, 2.75) is 13.3 Å². The lowest BCUT2D eigenvalue weighted by Crippen LogP contribution is -2.17. The highest BCUT2D eigenvalue weighted by molar-refractivity contribution is 6.04. The summed E-state index contributed by atoms with van der Waals surface area (Å²) in [6.45, 7) is 1.74. The topological polar surface area (TPSA) is 94.3 Å². The lowest BCUT2D eigenvalue weighted by atomic mass is 10.1. The second-order valence-corrected chi connectivity index (χ2v) is 6.18. The minimum absolute atomic E-state index is 0.0972. The zero-order valence-corrected chi connectivity index (χ0v) is 15.4. The Bertz CT molecular complexity index is 1220. The van der Waals surface area contributed by atoms with E-state index in [1.54, 1.807) is 13.0 Å². The molecule has 0 saturated heterocycles. The summed E-state index contributed by atoms with van der Waals surface area (Å²) in [6, 6.07) is 7.14. The molecule has 8 nitrogen and oxygen atoms in total. The van der Waals surface area contributed by atoms with Crippen molar-refractivity contribution in [2.75, 3.05) is 5.32 Å². The molecule has 3 aromatic heterocycles. The Labute approximate surface area is 167 Å². The maximum absolute atomic E-state index is 12.7. The minimum atomic E-state index is -4.84. The van der Waals surface area contributed by atoms with E-state index in [4.69, 9.17) is 0 Å². The number of aromatic nitrogens is 5. The van der Waals surface area contributed by atoms with Crippen LogP contribution < -0.4 is 10.1 Å². The van der Waals surface area contributed by atoms with Gasteiger partial charge < -0.3 is 10.1 Å². The van der Waals surface area contributed by atoms with Crippen LogP contribution in [0.2, 0.25) is 0 Å². The van der Waals surface area contributed by atoms with E-state index in [9.17, 15) is 18.0 Å². The van der Waals surface area contributed by atoms with Crippen LogP contribution in [0.1, 0.15) is 16.2 Å². The van der Waals surface area contributed by atoms with Crippen LogP contribution in [0.25, 0.3) is 16.9 Å². The number of carbonyl (C=O) groups excluding carboxylic acids is 1. The molecule has 0 bridgehead atoms. The number of fused-ring (bicyclic) bond motifs is 1. The number of rotatable bonds is 4. The molecule has 0 saturated carbocycles. The van der Waals surface area contributed by atoms with Gasteiger partial charge in [-0.15, -0.1) is 13.2 Å². The summed E-state index contributed by atoms with van der Waals surface area (Å²) in [7, 11) is 0. The summed E-state index contributed by atoms with van der Waals surface area (Å²) in [6.07, 6.45) is 0.844. The summed E-state index contributed by atoms with van der Waals surface area (Å²) >= 11 is 0. The standard InChI is InChI=1S/C19H13F3N6O2/c1-11-8-24-15(9-23-11)18(29)27-14-10-25-28-7-6-13(26-17(14)28)12-4-2-3-5-16(12)30-19(20,21)22/h2-10H,1H3,(H,27,29). The Morgan fingerprint density at radius 1 is 1.10 bits per heavy atom. The quantitative estimate of drug-likeness (QED) is 0.548. The van der Waals surface area contributed by atoms with Crippen molar-refractivity contribution in [1.29, 1.82) is 0 Å². The summed E-state index contributed by atoms with van der Waals surface area (Å²) in [5.74, 6) is -0.910. The first-order valence-electron chi connectivity index (χ1n) is 8.60. The van der Waals surface area contributed by atoms with E-state index in [-0.39, 0.29) is 34.0 Å². The van der Waals surface area contributed by atoms with Crippen LogP contribution >= 0.6 is 0 Å². The Hall–Kier alpha value is -4.02. The zero-order chi connectivity index (χ0) is 21.3. The molecule has 1 amide bonds. The molecule has 11 heteroatoms. The number of nitrogens with zero attached hydrogens (tertiary/aromatic N) is 5. The number of benzene rings is 1. The van der Waals surface area contributed by atoms with E-state index < -0.39 is 12.3 Å². The zero-order valence-electron chi connectivity index (χ0n) is 15.4. The molecular formula is C19H13F3N6O2. The van der Waals surface area contributed by atoms with Crippen molar-refractivity contribution >= 4 is 17.2 Å². The van der Waals surface area contributed by atoms with Crippen LogP contribution in [0.5, 0.6) is 5.75 Å². The molecule has 0 spiro atoms. The van der Waals surface area contributed by atoms with E-state index >= 15 is 0 Å². The number of para-hydroxylation sites is 1. The molecule has 0 atom stereocenters. The number of hydrogen-bond donors (Lipinski definition) is 1. The lowest BCUT2D eigenvalue weighted by molar-refractivity contribution is -0.274. The first-order chi connectivity index (χ1) is 14.3. The molecule has 0 aliphatic rings. The van der Waals surface area contributed by atoms with E-state index in [1.165, 1.54) is 53.6 Å². The van der Waals surface area contributed by atoms with Gasteiger partial charge in [-0.2, -0.15) is 5.10 Å². The van der Waals surface area contributed by atoms with Crippen molar-refractivity contribution in [3.63, 3.8) is 0 Å². The lowest BCUT2D eigenvalue weighted by Gasteiger charge is -2.13. The molecule has 152 valence electrons. The summed E-state index contributed by atoms with van der Waals surface area (Å²) in [5.41, 5.74) is 1.61. The Morgan fingerprint density at radius 3 is 2.63 bits per heavy atom. The van der Waals surface area contributed by atoms with Crippen molar-refractivity contribution < 1.29 is 22.7 Å². The summed E-state index contributed by atoms with van der Waals surface area (Å²) in [5, 5.41) is 6.72. The number of hydrogen-bond acceptors (Lipinski definition) is 6. The van der Waals surface area contributed by atoms with Gasteiger partial charge in [0.1, 0.15) is 17.1 Å². The van der Waals surface area contributed by atoms with Gasteiger partial charge in [-0.1, -0.05) is 12.1 Å². The van der Waals surface area contributed by atoms with Gasteiger partial charge in [-0.05, 0) is 25.1 Å². The molecule has 1 aromatic carbocycles. The van der Waals surface area contributed by atoms with E-state index in [2.05, 4.69) is 30.1 Å². The Balaban J connectivity index is 1.69. The first-order valence-corrected chi connectivity index (χ1v) is 8.60. The second kappa shape index (κ2) is 7.43. The molecule has 0 radical (unpaired) electrons. The molecule has 4 aromatic rings. The van der Waals surface area contributed by atoms with Gasteiger partial charge in [0.25, 0.3) is 5.91 Å². The van der Waals surface area contributed by atoms with Gasteiger partial charge in [-0.25, -0.2) is 14.5 Å². The third kappa shape index (κ3) is 4.04. The van der Waals surface area contributed by atoms with Gasteiger partial charge in [0.2, 0.25) is 0 Å². The van der Waals surface area contributed by atoms with Crippen LogP contribution in [-0.2, 0) is 0 Å². The van der Waals surface area contributed by atoms with Gasteiger partial charge in [-0.3, -0.25) is 9.78 Å². The van der Waals surface area contributed by atoms with E-state index in [1.807, 2.05) is 0 Å². The average Bonchev–Trinajstić information content (AvgIpc) is 3.10. The van der Waals surface area contributed by atoms with Crippen LogP contribution in [0.4, 0.5) is 18.9 Å². The summed E-state index contributed by atoms with van der Waals surface area (Å²) in [4.78, 5) is 24.8. The van der Waals surface area contributed by atoms with Crippen LogP contribution in [0.3, 0.4) is 0 Å². The molecule has 4 rings (SSSR count). The number of ether oxygens (including phenoxy) is 1. The Kier molecular flexibility index (Phi) is 4.78. The molecule has 0 aliphatic carbocycles. The van der Waals surface area contributed by atoms with Gasteiger partial charge >= 0.3 is 6.36 Å². The molecule has 1 N–H and O–H groups in total. The molecular weight excluding hydrogens is 401 g/mol. The third-order valence-corrected chi connectivity index (χ3v) is 4.02. The van der Waals surface area contributed by atoms with Crippen LogP contribution in [0, 0.1) is 6.92 Å². The molecule has 3 heterocycles. The Morgan fingerprint density at radius 2 is 1.90 bits per heavy atom. The van der Waals surface area contributed by atoms with E-state index in [0.717, 1.165) is 0 Å². The second-order valence-electron chi connectivity index (χ2n) is 6.18. The fourth-order valence-corrected chi connectivity index (χ4v) is 2.70. The highest BCUT2D eigenvalue weighted by Gasteiger charge is 2.32. The summed E-state index contributed by atoms with van der Waals surface area (Å²) < 4.78 is 43.6. The van der Waals surface area contributed by atoms with Crippen LogP contribution in [0.15, 0.2) is 55.1 Å². The largest absolute Gasteiger partial charge is 0.573 e. The SMILES string of the molecule is Cc1cnc(C(=O)Nc2cnn3ccc(-c4ccccc4OC(F)(F)F)nc23)cn1. The number of halogens is 3. The maximum atomic E-state index is 12.7. The predicted octanol–water partition coefficient (Wildman–Crippen LogP) is 3.65. The molecule has 0 fully saturated rings. The van der Waals surface area contributed by atoms with Crippen molar-refractivity contribution in [3.05, 3.63) is 66.5 Å². The highest BCUT2D eigenvalue weighted by Crippen LogP contribution is 2.33. The number of alkyl halides is 3. The average molecular weight is 414 g/mol. The first kappa shape index (κ1) is 19.3.